The van der Waals surface area contributed by atoms with Gasteiger partial charge in [0.1, 0.15) is 5.57 Å². The first-order chi connectivity index (χ1) is 11.0. The second-order valence-electron chi connectivity index (χ2n) is 8.27. The lowest BCUT2D eigenvalue weighted by atomic mass is 9.71. The molecule has 0 bridgehead atoms. The van der Waals surface area contributed by atoms with Gasteiger partial charge in [0.05, 0.1) is 0 Å². The Kier molecular flexibility index (Phi) is 5.26. The van der Waals surface area contributed by atoms with E-state index in [0.29, 0.717) is 0 Å². The minimum absolute atomic E-state index is 0.0235. The molecule has 1 fully saturated rings. The molecule has 1 heterocycles. The lowest BCUT2D eigenvalue weighted by Crippen LogP contribution is -2.42. The average molecular weight is 334 g/mol. The summed E-state index contributed by atoms with van der Waals surface area (Å²) >= 11 is 0. The van der Waals surface area contributed by atoms with E-state index in [1.54, 1.807) is 19.9 Å². The summed E-state index contributed by atoms with van der Waals surface area (Å²) in [5.41, 5.74) is 3.32. The standard InChI is InChI=1S/C20H30O4/c1-13(9-10-16-14(2)8-7-11-19(16,3)4)12-15-17(21)23-20(5,6)24-18(15)22/h12-13H,7-11H2,1-6H3. The Morgan fingerprint density at radius 2 is 1.71 bits per heavy atom. The van der Waals surface area contributed by atoms with Crippen molar-refractivity contribution in [1.29, 1.82) is 0 Å². The third-order valence-electron chi connectivity index (χ3n) is 5.10. The molecule has 0 spiro atoms. The molecule has 1 aliphatic carbocycles. The first-order valence-corrected chi connectivity index (χ1v) is 8.89. The quantitative estimate of drug-likeness (QED) is 0.324. The van der Waals surface area contributed by atoms with Crippen LogP contribution in [0.1, 0.15) is 73.6 Å². The number of allylic oxidation sites excluding steroid dienone is 3. The van der Waals surface area contributed by atoms with E-state index in [-0.39, 0.29) is 16.9 Å². The van der Waals surface area contributed by atoms with Crippen LogP contribution in [-0.4, -0.2) is 17.7 Å². The summed E-state index contributed by atoms with van der Waals surface area (Å²) in [7, 11) is 0. The summed E-state index contributed by atoms with van der Waals surface area (Å²) in [6, 6.07) is 0. The zero-order valence-electron chi connectivity index (χ0n) is 15.8. The van der Waals surface area contributed by atoms with Crippen LogP contribution in [-0.2, 0) is 19.1 Å². The number of cyclic esters (lactones) is 2. The van der Waals surface area contributed by atoms with Gasteiger partial charge in [-0.1, -0.05) is 38.0 Å². The van der Waals surface area contributed by atoms with E-state index in [9.17, 15) is 9.59 Å². The summed E-state index contributed by atoms with van der Waals surface area (Å²) in [5, 5.41) is 0. The number of hydrogen-bond acceptors (Lipinski definition) is 4. The molecule has 24 heavy (non-hydrogen) atoms. The highest BCUT2D eigenvalue weighted by Crippen LogP contribution is 2.42. The van der Waals surface area contributed by atoms with Gasteiger partial charge in [0.25, 0.3) is 5.79 Å². The fraction of sp³-hybridized carbons (Fsp3) is 0.700. The predicted octanol–water partition coefficient (Wildman–Crippen LogP) is 4.69. The van der Waals surface area contributed by atoms with Crippen LogP contribution in [0.15, 0.2) is 22.8 Å². The van der Waals surface area contributed by atoms with Crippen LogP contribution in [0.5, 0.6) is 0 Å². The van der Waals surface area contributed by atoms with Crippen molar-refractivity contribution in [2.24, 2.45) is 11.3 Å². The second-order valence-corrected chi connectivity index (χ2v) is 8.27. The predicted molar refractivity (Wildman–Crippen MR) is 93.1 cm³/mol. The van der Waals surface area contributed by atoms with Crippen LogP contribution in [0.3, 0.4) is 0 Å². The number of esters is 2. The Balaban J connectivity index is 2.04. The molecule has 0 saturated carbocycles. The van der Waals surface area contributed by atoms with Crippen LogP contribution >= 0.6 is 0 Å². The third kappa shape index (κ3) is 4.28. The third-order valence-corrected chi connectivity index (χ3v) is 5.10. The van der Waals surface area contributed by atoms with Crippen LogP contribution in [0, 0.1) is 11.3 Å². The Labute approximate surface area is 145 Å². The molecule has 0 amide bonds. The van der Waals surface area contributed by atoms with Gasteiger partial charge < -0.3 is 9.47 Å². The van der Waals surface area contributed by atoms with E-state index >= 15 is 0 Å². The molecule has 1 aliphatic heterocycles. The van der Waals surface area contributed by atoms with Gasteiger partial charge >= 0.3 is 11.9 Å². The SMILES string of the molecule is CC1=C(CCC(C)C=C2C(=O)OC(C)(C)OC2=O)C(C)(C)CCC1. The maximum Gasteiger partial charge on any atom is 0.348 e. The van der Waals surface area contributed by atoms with Gasteiger partial charge in [-0.2, -0.15) is 0 Å². The van der Waals surface area contributed by atoms with E-state index in [2.05, 4.69) is 20.8 Å². The Bertz CT molecular complexity index is 571. The molecular weight excluding hydrogens is 304 g/mol. The molecule has 0 aromatic heterocycles. The monoisotopic (exact) mass is 334 g/mol. The summed E-state index contributed by atoms with van der Waals surface area (Å²) in [5.74, 6) is -2.24. The van der Waals surface area contributed by atoms with Crippen molar-refractivity contribution in [2.75, 3.05) is 0 Å². The Hall–Kier alpha value is -1.58. The van der Waals surface area contributed by atoms with Crippen molar-refractivity contribution in [2.45, 2.75) is 79.4 Å². The van der Waals surface area contributed by atoms with Crippen LogP contribution in [0.2, 0.25) is 0 Å². The Morgan fingerprint density at radius 3 is 2.25 bits per heavy atom. The van der Waals surface area contributed by atoms with Crippen molar-refractivity contribution in [3.63, 3.8) is 0 Å². The van der Waals surface area contributed by atoms with E-state index in [4.69, 9.17) is 9.47 Å². The van der Waals surface area contributed by atoms with Gasteiger partial charge in [-0.3, -0.25) is 0 Å². The second kappa shape index (κ2) is 6.73. The summed E-state index contributed by atoms with van der Waals surface area (Å²) in [6.07, 6.45) is 7.27. The van der Waals surface area contributed by atoms with Crippen LogP contribution in [0.4, 0.5) is 0 Å². The lowest BCUT2D eigenvalue weighted by Gasteiger charge is -2.35. The smallest absolute Gasteiger partial charge is 0.348 e. The Morgan fingerprint density at radius 1 is 1.12 bits per heavy atom. The number of rotatable bonds is 4. The highest BCUT2D eigenvalue weighted by molar-refractivity contribution is 6.15. The molecule has 2 rings (SSSR count). The molecular formula is C20H30O4. The number of carbonyl (C=O) groups is 2. The largest absolute Gasteiger partial charge is 0.419 e. The molecule has 0 N–H and O–H groups in total. The maximum absolute atomic E-state index is 12.0. The fourth-order valence-electron chi connectivity index (χ4n) is 3.76. The highest BCUT2D eigenvalue weighted by atomic mass is 16.7. The van der Waals surface area contributed by atoms with Crippen molar-refractivity contribution < 1.29 is 19.1 Å². The first-order valence-electron chi connectivity index (χ1n) is 8.89. The number of hydrogen-bond donors (Lipinski definition) is 0. The van der Waals surface area contributed by atoms with Gasteiger partial charge in [-0.15, -0.1) is 0 Å². The normalized spacial score (nSPS) is 24.3. The molecule has 0 aromatic carbocycles. The van der Waals surface area contributed by atoms with E-state index in [1.807, 2.05) is 6.92 Å². The zero-order chi connectivity index (χ0) is 18.1. The molecule has 0 radical (unpaired) electrons. The first kappa shape index (κ1) is 18.8. The van der Waals surface area contributed by atoms with Crippen molar-refractivity contribution in [1.82, 2.24) is 0 Å². The molecule has 4 nitrogen and oxygen atoms in total. The fourth-order valence-corrected chi connectivity index (χ4v) is 3.76. The van der Waals surface area contributed by atoms with Gasteiger partial charge in [-0.25, -0.2) is 9.59 Å². The number of carbonyl (C=O) groups excluding carboxylic acids is 2. The minimum atomic E-state index is -1.18. The van der Waals surface area contributed by atoms with E-state index in [0.717, 1.165) is 12.8 Å². The van der Waals surface area contributed by atoms with E-state index in [1.165, 1.54) is 30.4 Å². The summed E-state index contributed by atoms with van der Waals surface area (Å²) < 4.78 is 10.3. The van der Waals surface area contributed by atoms with Gasteiger partial charge in [-0.05, 0) is 50.4 Å². The zero-order valence-corrected chi connectivity index (χ0v) is 15.8. The molecule has 1 saturated heterocycles. The lowest BCUT2D eigenvalue weighted by molar-refractivity contribution is -0.222. The maximum atomic E-state index is 12.0. The molecule has 0 aromatic rings. The van der Waals surface area contributed by atoms with Crippen molar-refractivity contribution in [3.05, 3.63) is 22.8 Å². The molecule has 134 valence electrons. The minimum Gasteiger partial charge on any atom is -0.419 e. The number of ether oxygens (including phenoxy) is 2. The van der Waals surface area contributed by atoms with Crippen molar-refractivity contribution in [3.8, 4) is 0 Å². The van der Waals surface area contributed by atoms with Gasteiger partial charge in [0.2, 0.25) is 0 Å². The van der Waals surface area contributed by atoms with Gasteiger partial charge in [0, 0.05) is 13.8 Å². The van der Waals surface area contributed by atoms with E-state index < -0.39 is 17.7 Å². The molecule has 4 heteroatoms. The van der Waals surface area contributed by atoms with Crippen LogP contribution < -0.4 is 0 Å². The van der Waals surface area contributed by atoms with Crippen molar-refractivity contribution >= 4 is 11.9 Å². The molecule has 1 unspecified atom stereocenters. The summed E-state index contributed by atoms with van der Waals surface area (Å²) in [6.45, 7) is 12.0. The average Bonchev–Trinajstić information content (AvgIpc) is 2.40. The molecule has 2 aliphatic rings. The summed E-state index contributed by atoms with van der Waals surface area (Å²) in [4.78, 5) is 24.0. The highest BCUT2D eigenvalue weighted by Gasteiger charge is 2.39. The topological polar surface area (TPSA) is 52.6 Å². The molecule has 1 atom stereocenters. The van der Waals surface area contributed by atoms with Crippen LogP contribution in [0.25, 0.3) is 0 Å². The van der Waals surface area contributed by atoms with Gasteiger partial charge in [0.15, 0.2) is 0 Å².